The molecule has 9 heteroatoms. The monoisotopic (exact) mass is 484 g/mol. The lowest BCUT2D eigenvalue weighted by Crippen LogP contribution is -2.48. The summed E-state index contributed by atoms with van der Waals surface area (Å²) >= 11 is 1.18. The van der Waals surface area contributed by atoms with Gasteiger partial charge in [-0.15, -0.1) is 11.3 Å². The van der Waals surface area contributed by atoms with Crippen LogP contribution in [0.2, 0.25) is 0 Å². The summed E-state index contributed by atoms with van der Waals surface area (Å²) in [6.07, 6.45) is 7.99. The Morgan fingerprint density at radius 2 is 1.74 bits per heavy atom. The van der Waals surface area contributed by atoms with Crippen molar-refractivity contribution in [3.63, 3.8) is 0 Å². The first-order valence-corrected chi connectivity index (χ1v) is 12.7. The molecule has 4 aliphatic carbocycles. The van der Waals surface area contributed by atoms with Gasteiger partial charge in [-0.2, -0.15) is 0 Å². The molecule has 4 aliphatic rings. The average molecular weight is 485 g/mol. The first-order valence-electron chi connectivity index (χ1n) is 11.9. The van der Waals surface area contributed by atoms with E-state index in [1.54, 1.807) is 11.4 Å². The van der Waals surface area contributed by atoms with E-state index in [1.807, 2.05) is 0 Å². The molecule has 4 bridgehead atoms. The molecule has 7 nitrogen and oxygen atoms in total. The lowest BCUT2D eigenvalue weighted by Gasteiger charge is -2.56. The molecule has 0 spiro atoms. The van der Waals surface area contributed by atoms with E-state index in [2.05, 4.69) is 20.9 Å². The van der Waals surface area contributed by atoms with Gasteiger partial charge < -0.3 is 16.0 Å². The van der Waals surface area contributed by atoms with Gasteiger partial charge in [0.15, 0.2) is 5.13 Å². The second-order valence-corrected chi connectivity index (χ2v) is 11.2. The zero-order chi connectivity index (χ0) is 23.9. The Morgan fingerprint density at radius 1 is 1.06 bits per heavy atom. The van der Waals surface area contributed by atoms with Crippen molar-refractivity contribution in [1.82, 2.24) is 10.3 Å². The molecule has 1 aromatic heterocycles. The molecule has 1 heterocycles. The Balaban J connectivity index is 1.13. The number of carbonyl (C=O) groups excluding carboxylic acids is 3. The molecule has 1 aromatic carbocycles. The van der Waals surface area contributed by atoms with Gasteiger partial charge in [0.1, 0.15) is 5.82 Å². The van der Waals surface area contributed by atoms with Crippen LogP contribution in [0.15, 0.2) is 23.6 Å². The zero-order valence-corrected chi connectivity index (χ0v) is 20.0. The minimum absolute atomic E-state index is 0.0572. The SMILES string of the molecule is CC(=O)Nc1ccc(-c2csc(NC(=O)CNC(=O)CC34CC5CC(CC(C5)C3)C4)n2)c(F)c1. The fourth-order valence-corrected chi connectivity index (χ4v) is 7.44. The third-order valence-corrected chi connectivity index (χ3v) is 8.22. The quantitative estimate of drug-likeness (QED) is 0.536. The van der Waals surface area contributed by atoms with Crippen molar-refractivity contribution in [3.05, 3.63) is 29.4 Å². The van der Waals surface area contributed by atoms with Crippen molar-refractivity contribution in [3.8, 4) is 11.3 Å². The standard InChI is InChI=1S/C25H29FN4O3S/c1-14(31)28-18-2-3-19(20(26)7-18)21-13-34-24(29-21)30-23(33)12-27-22(32)11-25-8-15-4-16(9-25)6-17(5-15)10-25/h2-3,7,13,15-17H,4-6,8-12H2,1H3,(H,27,32)(H,28,31)(H,29,30,33). The number of aromatic nitrogens is 1. The zero-order valence-electron chi connectivity index (χ0n) is 19.2. The molecule has 0 aliphatic heterocycles. The van der Waals surface area contributed by atoms with Crippen LogP contribution in [-0.2, 0) is 14.4 Å². The Labute approximate surface area is 201 Å². The van der Waals surface area contributed by atoms with Gasteiger partial charge in [-0.1, -0.05) is 0 Å². The number of halogens is 1. The second-order valence-electron chi connectivity index (χ2n) is 10.3. The number of amides is 3. The van der Waals surface area contributed by atoms with Gasteiger partial charge in [-0.25, -0.2) is 9.37 Å². The molecular weight excluding hydrogens is 455 g/mol. The van der Waals surface area contributed by atoms with Crippen LogP contribution in [0.1, 0.15) is 51.9 Å². The highest BCUT2D eigenvalue weighted by molar-refractivity contribution is 7.14. The van der Waals surface area contributed by atoms with Crippen LogP contribution in [0.5, 0.6) is 0 Å². The second kappa shape index (κ2) is 9.09. The maximum atomic E-state index is 14.5. The van der Waals surface area contributed by atoms with Crippen LogP contribution >= 0.6 is 11.3 Å². The van der Waals surface area contributed by atoms with Gasteiger partial charge in [-0.3, -0.25) is 14.4 Å². The molecular formula is C25H29FN4O3S. The largest absolute Gasteiger partial charge is 0.347 e. The van der Waals surface area contributed by atoms with Crippen LogP contribution in [0, 0.1) is 29.0 Å². The molecule has 0 saturated heterocycles. The number of nitrogens with one attached hydrogen (secondary N) is 3. The fourth-order valence-electron chi connectivity index (χ4n) is 6.71. The maximum absolute atomic E-state index is 14.5. The Kier molecular flexibility index (Phi) is 6.14. The van der Waals surface area contributed by atoms with Crippen molar-refractivity contribution in [2.24, 2.45) is 23.2 Å². The summed E-state index contributed by atoms with van der Waals surface area (Å²) < 4.78 is 14.5. The summed E-state index contributed by atoms with van der Waals surface area (Å²) in [6.45, 7) is 1.24. The molecule has 4 fully saturated rings. The molecule has 4 saturated carbocycles. The summed E-state index contributed by atoms with van der Waals surface area (Å²) in [5.41, 5.74) is 1.16. The fraction of sp³-hybridized carbons (Fsp3) is 0.520. The average Bonchev–Trinajstić information content (AvgIpc) is 3.18. The number of hydrogen-bond acceptors (Lipinski definition) is 5. The first kappa shape index (κ1) is 23.0. The van der Waals surface area contributed by atoms with Gasteiger partial charge in [0.25, 0.3) is 0 Å². The highest BCUT2D eigenvalue weighted by Crippen LogP contribution is 2.61. The number of rotatable bonds is 7. The lowest BCUT2D eigenvalue weighted by molar-refractivity contribution is -0.131. The van der Waals surface area contributed by atoms with Crippen molar-refractivity contribution in [1.29, 1.82) is 0 Å². The number of benzene rings is 1. The molecule has 2 aromatic rings. The van der Waals surface area contributed by atoms with Crippen molar-refractivity contribution in [2.75, 3.05) is 17.2 Å². The molecule has 0 unspecified atom stereocenters. The van der Waals surface area contributed by atoms with Crippen molar-refractivity contribution in [2.45, 2.75) is 51.9 Å². The van der Waals surface area contributed by atoms with Crippen molar-refractivity contribution < 1.29 is 18.8 Å². The summed E-state index contributed by atoms with van der Waals surface area (Å²) in [4.78, 5) is 40.4. The first-order chi connectivity index (χ1) is 16.3. The van der Waals surface area contributed by atoms with E-state index in [9.17, 15) is 18.8 Å². The van der Waals surface area contributed by atoms with Crippen LogP contribution in [-0.4, -0.2) is 29.3 Å². The predicted molar refractivity (Wildman–Crippen MR) is 129 cm³/mol. The third kappa shape index (κ3) is 4.99. The lowest BCUT2D eigenvalue weighted by atomic mass is 9.49. The Bertz CT molecular complexity index is 1100. The number of carbonyl (C=O) groups is 3. The highest BCUT2D eigenvalue weighted by atomic mass is 32.1. The topological polar surface area (TPSA) is 100 Å². The van der Waals surface area contributed by atoms with Crippen LogP contribution < -0.4 is 16.0 Å². The van der Waals surface area contributed by atoms with E-state index in [0.29, 0.717) is 22.9 Å². The number of thiazole rings is 1. The molecule has 0 atom stereocenters. The summed E-state index contributed by atoms with van der Waals surface area (Å²) in [5, 5.41) is 9.97. The Morgan fingerprint density at radius 3 is 2.35 bits per heavy atom. The van der Waals surface area contributed by atoms with E-state index in [-0.39, 0.29) is 35.2 Å². The number of hydrogen-bond donors (Lipinski definition) is 3. The predicted octanol–water partition coefficient (Wildman–Crippen LogP) is 4.57. The molecule has 3 N–H and O–H groups in total. The van der Waals surface area contributed by atoms with Crippen LogP contribution in [0.25, 0.3) is 11.3 Å². The smallest absolute Gasteiger partial charge is 0.245 e. The third-order valence-electron chi connectivity index (χ3n) is 7.46. The van der Waals surface area contributed by atoms with Gasteiger partial charge in [0.2, 0.25) is 17.7 Å². The minimum atomic E-state index is -0.522. The highest BCUT2D eigenvalue weighted by Gasteiger charge is 2.51. The summed E-state index contributed by atoms with van der Waals surface area (Å²) in [5.74, 6) is 1.13. The van der Waals surface area contributed by atoms with E-state index >= 15 is 0 Å². The van der Waals surface area contributed by atoms with Gasteiger partial charge in [0.05, 0.1) is 12.2 Å². The van der Waals surface area contributed by atoms with Gasteiger partial charge in [0, 0.05) is 30.0 Å². The van der Waals surface area contributed by atoms with Crippen molar-refractivity contribution >= 4 is 39.9 Å². The molecule has 3 amide bonds. The molecule has 180 valence electrons. The summed E-state index contributed by atoms with van der Waals surface area (Å²) in [7, 11) is 0. The normalized spacial score (nSPS) is 26.8. The minimum Gasteiger partial charge on any atom is -0.347 e. The molecule has 0 radical (unpaired) electrons. The van der Waals surface area contributed by atoms with Crippen LogP contribution in [0.4, 0.5) is 15.2 Å². The maximum Gasteiger partial charge on any atom is 0.245 e. The number of nitrogens with zero attached hydrogens (tertiary/aromatic N) is 1. The van der Waals surface area contributed by atoms with E-state index in [1.165, 1.54) is 49.7 Å². The Hall–Kier alpha value is -2.81. The molecule has 34 heavy (non-hydrogen) atoms. The van der Waals surface area contributed by atoms with E-state index in [0.717, 1.165) is 37.0 Å². The molecule has 6 rings (SSSR count). The van der Waals surface area contributed by atoms with E-state index in [4.69, 9.17) is 0 Å². The van der Waals surface area contributed by atoms with Gasteiger partial charge >= 0.3 is 0 Å². The van der Waals surface area contributed by atoms with Crippen LogP contribution in [0.3, 0.4) is 0 Å². The van der Waals surface area contributed by atoms with Gasteiger partial charge in [-0.05, 0) is 79.9 Å². The summed E-state index contributed by atoms with van der Waals surface area (Å²) in [6, 6.07) is 4.36. The van der Waals surface area contributed by atoms with E-state index < -0.39 is 5.82 Å². The number of anilines is 2.